The summed E-state index contributed by atoms with van der Waals surface area (Å²) in [6.45, 7) is 8.30. The van der Waals surface area contributed by atoms with Gasteiger partial charge in [0.1, 0.15) is 10.8 Å². The molecule has 1 N–H and O–H groups in total. The number of rotatable bonds is 8. The highest BCUT2D eigenvalue weighted by Gasteiger charge is 2.46. The number of aryl methyl sites for hydroxylation is 2. The normalized spacial score (nSPS) is 20.4. The fraction of sp³-hybridized carbons (Fsp3) is 0.441. The molecule has 8 nitrogen and oxygen atoms in total. The molecule has 2 amide bonds. The number of carboxylic acid groups (broad SMARTS) is 1. The fourth-order valence-corrected chi connectivity index (χ4v) is 7.52. The number of likely N-dealkylation sites (tertiary alicyclic amines) is 1. The molecule has 2 aromatic carbocycles. The van der Waals surface area contributed by atoms with E-state index in [-0.39, 0.29) is 35.5 Å². The number of carbonyl (C=O) groups excluding carboxylic acids is 1. The highest BCUT2D eigenvalue weighted by molar-refractivity contribution is 7.99. The van der Waals surface area contributed by atoms with Crippen molar-refractivity contribution in [3.05, 3.63) is 88.4 Å². The minimum atomic E-state index is -0.937. The van der Waals surface area contributed by atoms with Crippen LogP contribution in [0.1, 0.15) is 64.5 Å². The molecule has 1 atom stereocenters. The van der Waals surface area contributed by atoms with Crippen molar-refractivity contribution in [1.29, 1.82) is 0 Å². The van der Waals surface area contributed by atoms with Crippen LogP contribution in [-0.2, 0) is 11.3 Å². The van der Waals surface area contributed by atoms with E-state index >= 15 is 4.39 Å². The SMILES string of the molecule is Cc1ccc(F)c([C@@H]2CN(C3CCOCC3)C(=O)N2C2CCN(Cc3ccc(Sc4ccc(C(=O)O)cc4)nc3C)CC2)c1. The molecular formula is C34H39FN4O4S. The largest absolute Gasteiger partial charge is 0.478 e. The van der Waals surface area contributed by atoms with E-state index in [1.165, 1.54) is 17.8 Å². The van der Waals surface area contributed by atoms with Crippen molar-refractivity contribution in [3.63, 3.8) is 0 Å². The third-order valence-electron chi connectivity index (χ3n) is 9.15. The van der Waals surface area contributed by atoms with Crippen LogP contribution >= 0.6 is 11.8 Å². The Bertz CT molecular complexity index is 1510. The molecular weight excluding hydrogens is 579 g/mol. The van der Waals surface area contributed by atoms with Gasteiger partial charge in [-0.25, -0.2) is 19.0 Å². The second kappa shape index (κ2) is 13.3. The summed E-state index contributed by atoms with van der Waals surface area (Å²) < 4.78 is 20.7. The van der Waals surface area contributed by atoms with Gasteiger partial charge in [-0.05, 0) is 81.5 Å². The van der Waals surface area contributed by atoms with Crippen LogP contribution in [-0.4, -0.2) is 81.7 Å². The average Bonchev–Trinajstić information content (AvgIpc) is 3.37. The van der Waals surface area contributed by atoms with E-state index in [0.29, 0.717) is 25.3 Å². The Morgan fingerprint density at radius 3 is 2.41 bits per heavy atom. The zero-order valence-electron chi connectivity index (χ0n) is 25.2. The number of pyridine rings is 1. The molecule has 0 aliphatic carbocycles. The minimum absolute atomic E-state index is 0.0342. The molecule has 0 spiro atoms. The van der Waals surface area contributed by atoms with Crippen LogP contribution in [0.4, 0.5) is 9.18 Å². The van der Waals surface area contributed by atoms with Gasteiger partial charge in [-0.3, -0.25) is 4.90 Å². The molecule has 0 unspecified atom stereocenters. The number of carbonyl (C=O) groups is 2. The van der Waals surface area contributed by atoms with E-state index in [1.807, 2.05) is 35.8 Å². The number of aromatic carboxylic acids is 1. The Kier molecular flexibility index (Phi) is 9.21. The van der Waals surface area contributed by atoms with Gasteiger partial charge in [-0.15, -0.1) is 0 Å². The molecule has 6 rings (SSSR count). The van der Waals surface area contributed by atoms with Crippen molar-refractivity contribution in [3.8, 4) is 0 Å². The predicted octanol–water partition coefficient (Wildman–Crippen LogP) is 6.31. The van der Waals surface area contributed by atoms with Crippen molar-refractivity contribution in [2.75, 3.05) is 32.8 Å². The number of halogens is 1. The first-order valence-electron chi connectivity index (χ1n) is 15.4. The maximum absolute atomic E-state index is 15.2. The van der Waals surface area contributed by atoms with Crippen LogP contribution in [0.3, 0.4) is 0 Å². The van der Waals surface area contributed by atoms with Crippen molar-refractivity contribution in [1.82, 2.24) is 19.7 Å². The lowest BCUT2D eigenvalue weighted by Gasteiger charge is -2.39. The number of nitrogens with zero attached hydrogens (tertiary/aromatic N) is 4. The molecule has 232 valence electrons. The maximum atomic E-state index is 15.2. The number of carboxylic acids is 1. The molecule has 3 aliphatic heterocycles. The lowest BCUT2D eigenvalue weighted by molar-refractivity contribution is 0.0493. The molecule has 0 radical (unpaired) electrons. The topological polar surface area (TPSA) is 86.2 Å². The van der Waals surface area contributed by atoms with Gasteiger partial charge in [-0.2, -0.15) is 0 Å². The second-order valence-corrected chi connectivity index (χ2v) is 13.2. The van der Waals surface area contributed by atoms with E-state index in [4.69, 9.17) is 14.8 Å². The Morgan fingerprint density at radius 1 is 1.00 bits per heavy atom. The quantitative estimate of drug-likeness (QED) is 0.317. The number of urea groups is 1. The molecule has 0 saturated carbocycles. The molecule has 3 aliphatic rings. The summed E-state index contributed by atoms with van der Waals surface area (Å²) in [5.74, 6) is -1.18. The monoisotopic (exact) mass is 618 g/mol. The van der Waals surface area contributed by atoms with Gasteiger partial charge in [0.15, 0.2) is 0 Å². The lowest BCUT2D eigenvalue weighted by atomic mass is 9.97. The summed E-state index contributed by atoms with van der Waals surface area (Å²) in [5, 5.41) is 9.99. The average molecular weight is 619 g/mol. The Balaban J connectivity index is 1.11. The third kappa shape index (κ3) is 6.62. The number of ether oxygens (including phenoxy) is 1. The summed E-state index contributed by atoms with van der Waals surface area (Å²) in [5.41, 5.74) is 4.01. The van der Waals surface area contributed by atoms with Crippen molar-refractivity contribution >= 4 is 23.8 Å². The highest BCUT2D eigenvalue weighted by atomic mass is 32.2. The van der Waals surface area contributed by atoms with Gasteiger partial charge < -0.3 is 19.6 Å². The van der Waals surface area contributed by atoms with E-state index in [1.54, 1.807) is 30.3 Å². The first kappa shape index (κ1) is 30.6. The molecule has 4 heterocycles. The van der Waals surface area contributed by atoms with Crippen molar-refractivity contribution in [2.24, 2.45) is 0 Å². The Morgan fingerprint density at radius 2 is 1.73 bits per heavy atom. The first-order chi connectivity index (χ1) is 21.3. The maximum Gasteiger partial charge on any atom is 0.335 e. The summed E-state index contributed by atoms with van der Waals surface area (Å²) in [7, 11) is 0. The highest BCUT2D eigenvalue weighted by Crippen LogP contribution is 2.38. The van der Waals surface area contributed by atoms with Crippen LogP contribution in [0.15, 0.2) is 64.5 Å². The fourth-order valence-electron chi connectivity index (χ4n) is 6.69. The Labute approximate surface area is 262 Å². The van der Waals surface area contributed by atoms with E-state index in [2.05, 4.69) is 11.0 Å². The minimum Gasteiger partial charge on any atom is -0.478 e. The van der Waals surface area contributed by atoms with Gasteiger partial charge in [-0.1, -0.05) is 35.5 Å². The molecule has 44 heavy (non-hydrogen) atoms. The third-order valence-corrected chi connectivity index (χ3v) is 10.1. The van der Waals surface area contributed by atoms with Gasteiger partial charge in [0.2, 0.25) is 0 Å². The molecule has 0 bridgehead atoms. The van der Waals surface area contributed by atoms with Gasteiger partial charge in [0, 0.05) is 67.6 Å². The first-order valence-corrected chi connectivity index (χ1v) is 16.2. The number of aromatic nitrogens is 1. The van der Waals surface area contributed by atoms with Crippen LogP contribution in [0.25, 0.3) is 0 Å². The van der Waals surface area contributed by atoms with Crippen LogP contribution in [0.5, 0.6) is 0 Å². The second-order valence-electron chi connectivity index (χ2n) is 12.1. The van der Waals surface area contributed by atoms with Gasteiger partial charge in [0.05, 0.1) is 11.6 Å². The van der Waals surface area contributed by atoms with Crippen LogP contribution in [0.2, 0.25) is 0 Å². The standard InChI is InChI=1S/C34H39FN4O4S/c1-22-3-9-30(35)29(19-22)31-21-38(26-13-17-43-18-14-26)34(42)39(31)27-11-15-37(16-12-27)20-25-6-10-32(36-23(25)2)44-28-7-4-24(5-8-28)33(40)41/h3-10,19,26-27,31H,11-18,20-21H2,1-2H3,(H,40,41)/t31-/m0/s1. The summed E-state index contributed by atoms with van der Waals surface area (Å²) >= 11 is 1.51. The van der Waals surface area contributed by atoms with Crippen LogP contribution in [0, 0.1) is 19.7 Å². The number of piperidine rings is 1. The summed E-state index contributed by atoms with van der Waals surface area (Å²) in [6, 6.07) is 16.1. The van der Waals surface area contributed by atoms with Gasteiger partial charge >= 0.3 is 12.0 Å². The summed E-state index contributed by atoms with van der Waals surface area (Å²) in [4.78, 5) is 37.2. The lowest BCUT2D eigenvalue weighted by Crippen LogP contribution is -2.48. The Hall–Kier alpha value is -3.47. The van der Waals surface area contributed by atoms with E-state index < -0.39 is 5.97 Å². The molecule has 10 heteroatoms. The number of hydrogen-bond donors (Lipinski definition) is 1. The van der Waals surface area contributed by atoms with E-state index in [9.17, 15) is 9.59 Å². The number of benzene rings is 2. The molecule has 3 aromatic rings. The summed E-state index contributed by atoms with van der Waals surface area (Å²) in [6.07, 6.45) is 3.32. The predicted molar refractivity (Wildman–Crippen MR) is 166 cm³/mol. The number of hydrogen-bond acceptors (Lipinski definition) is 6. The zero-order valence-corrected chi connectivity index (χ0v) is 26.1. The molecule has 3 saturated heterocycles. The number of amides is 2. The molecule has 1 aromatic heterocycles. The molecule has 3 fully saturated rings. The van der Waals surface area contributed by atoms with Crippen molar-refractivity contribution < 1.29 is 23.8 Å². The van der Waals surface area contributed by atoms with E-state index in [0.717, 1.165) is 72.1 Å². The smallest absolute Gasteiger partial charge is 0.335 e. The van der Waals surface area contributed by atoms with Crippen LogP contribution < -0.4 is 0 Å². The van der Waals surface area contributed by atoms with Crippen molar-refractivity contribution in [2.45, 2.75) is 74.1 Å². The zero-order chi connectivity index (χ0) is 30.8. The van der Waals surface area contributed by atoms with Gasteiger partial charge in [0.25, 0.3) is 0 Å².